The van der Waals surface area contributed by atoms with Gasteiger partial charge in [0.05, 0.1) is 18.6 Å². The van der Waals surface area contributed by atoms with Crippen LogP contribution in [0.25, 0.3) is 0 Å². The summed E-state index contributed by atoms with van der Waals surface area (Å²) in [4.78, 5) is 18.6. The Morgan fingerprint density at radius 2 is 2.10 bits per heavy atom. The summed E-state index contributed by atoms with van der Waals surface area (Å²) in [5, 5.41) is 0. The molecule has 1 fully saturated rings. The van der Waals surface area contributed by atoms with Crippen LogP contribution in [0, 0.1) is 0 Å². The second kappa shape index (κ2) is 4.47. The lowest BCUT2D eigenvalue weighted by molar-refractivity contribution is 0.0979. The van der Waals surface area contributed by atoms with Gasteiger partial charge in [-0.05, 0) is 25.0 Å². The average Bonchev–Trinajstić information content (AvgIpc) is 3.22. The van der Waals surface area contributed by atoms with Crippen LogP contribution in [-0.2, 0) is 6.54 Å². The Hall–Kier alpha value is -2.10. The zero-order valence-electron chi connectivity index (χ0n) is 11.3. The van der Waals surface area contributed by atoms with Gasteiger partial charge in [-0.3, -0.25) is 4.79 Å². The third kappa shape index (κ3) is 1.92. The summed E-state index contributed by atoms with van der Waals surface area (Å²) in [6.45, 7) is 1.63. The maximum Gasteiger partial charge on any atom is 0.166 e. The molecule has 2 heterocycles. The number of carbonyl (C=O) groups is 1. The van der Waals surface area contributed by atoms with Crippen molar-refractivity contribution in [2.75, 3.05) is 11.4 Å². The first-order chi connectivity index (χ1) is 9.83. The summed E-state index contributed by atoms with van der Waals surface area (Å²) < 4.78 is 2.29. The Morgan fingerprint density at radius 3 is 2.95 bits per heavy atom. The number of carbonyl (C=O) groups excluding carboxylic acids is 1. The second-order valence-corrected chi connectivity index (χ2v) is 5.64. The van der Waals surface area contributed by atoms with E-state index >= 15 is 0 Å². The highest BCUT2D eigenvalue weighted by atomic mass is 16.1. The number of imidazole rings is 1. The number of nitrogens with zero attached hydrogens (tertiary/aromatic N) is 3. The van der Waals surface area contributed by atoms with Gasteiger partial charge in [0.2, 0.25) is 0 Å². The smallest absolute Gasteiger partial charge is 0.166 e. The molecule has 0 radical (unpaired) electrons. The Kier molecular flexibility index (Phi) is 2.62. The maximum absolute atomic E-state index is 12.0. The van der Waals surface area contributed by atoms with Gasteiger partial charge in [-0.1, -0.05) is 12.1 Å². The average molecular weight is 267 g/mol. The summed E-state index contributed by atoms with van der Waals surface area (Å²) in [5.74, 6) is 0.257. The molecule has 1 aliphatic carbocycles. The third-order valence-electron chi connectivity index (χ3n) is 4.19. The number of benzene rings is 1. The molecular formula is C16H17N3O. The summed E-state index contributed by atoms with van der Waals surface area (Å²) in [6.07, 6.45) is 7.02. The highest BCUT2D eigenvalue weighted by Gasteiger charge is 2.27. The van der Waals surface area contributed by atoms with Crippen molar-refractivity contribution in [3.63, 3.8) is 0 Å². The molecule has 4 nitrogen and oxygen atoms in total. The number of anilines is 1. The monoisotopic (exact) mass is 267 g/mol. The van der Waals surface area contributed by atoms with Crippen LogP contribution >= 0.6 is 0 Å². The fourth-order valence-corrected chi connectivity index (χ4v) is 2.97. The molecule has 1 aromatic carbocycles. The molecule has 20 heavy (non-hydrogen) atoms. The Balaban J connectivity index is 1.65. The number of Topliss-reactive ketones (excluding diaryl/α,β-unsaturated/α-hetero) is 1. The fraction of sp³-hybridized carbons (Fsp3) is 0.375. The molecule has 2 aromatic rings. The van der Waals surface area contributed by atoms with E-state index in [1.807, 2.05) is 36.8 Å². The van der Waals surface area contributed by atoms with Crippen molar-refractivity contribution in [2.45, 2.75) is 31.8 Å². The van der Waals surface area contributed by atoms with Crippen LogP contribution in [0.2, 0.25) is 0 Å². The normalized spacial score (nSPS) is 18.2. The molecule has 0 amide bonds. The largest absolute Gasteiger partial charge is 0.365 e. The quantitative estimate of drug-likeness (QED) is 0.858. The van der Waals surface area contributed by atoms with Crippen molar-refractivity contribution in [1.82, 2.24) is 9.55 Å². The highest BCUT2D eigenvalue weighted by molar-refractivity contribution is 6.03. The summed E-state index contributed by atoms with van der Waals surface area (Å²) in [6, 6.07) is 8.57. The first kappa shape index (κ1) is 11.7. The molecule has 0 spiro atoms. The third-order valence-corrected chi connectivity index (χ3v) is 4.19. The summed E-state index contributed by atoms with van der Waals surface area (Å²) in [5.41, 5.74) is 3.17. The summed E-state index contributed by atoms with van der Waals surface area (Å²) in [7, 11) is 0. The zero-order valence-corrected chi connectivity index (χ0v) is 11.3. The Labute approximate surface area is 118 Å². The lowest BCUT2D eigenvalue weighted by atomic mass is 10.0. The van der Waals surface area contributed by atoms with Crippen molar-refractivity contribution in [1.29, 1.82) is 0 Å². The van der Waals surface area contributed by atoms with Gasteiger partial charge in [-0.2, -0.15) is 0 Å². The van der Waals surface area contributed by atoms with Crippen molar-refractivity contribution in [2.24, 2.45) is 0 Å². The van der Waals surface area contributed by atoms with Crippen LogP contribution in [0.5, 0.6) is 0 Å². The van der Waals surface area contributed by atoms with Crippen LogP contribution in [-0.4, -0.2) is 21.9 Å². The number of ketones is 1. The van der Waals surface area contributed by atoms with E-state index in [4.69, 9.17) is 0 Å². The van der Waals surface area contributed by atoms with Gasteiger partial charge in [0, 0.05) is 36.5 Å². The van der Waals surface area contributed by atoms with E-state index in [0.29, 0.717) is 12.5 Å². The molecule has 0 saturated heterocycles. The van der Waals surface area contributed by atoms with E-state index in [-0.39, 0.29) is 5.78 Å². The Bertz CT molecular complexity index is 657. The Morgan fingerprint density at radius 1 is 1.25 bits per heavy atom. The van der Waals surface area contributed by atoms with E-state index in [2.05, 4.69) is 14.5 Å². The van der Waals surface area contributed by atoms with Crippen molar-refractivity contribution >= 4 is 11.5 Å². The minimum absolute atomic E-state index is 0.257. The van der Waals surface area contributed by atoms with Gasteiger partial charge in [-0.15, -0.1) is 0 Å². The first-order valence-corrected chi connectivity index (χ1v) is 7.21. The second-order valence-electron chi connectivity index (χ2n) is 5.64. The molecule has 0 N–H and O–H groups in total. The van der Waals surface area contributed by atoms with Gasteiger partial charge in [0.1, 0.15) is 0 Å². The fourth-order valence-electron chi connectivity index (χ4n) is 2.97. The standard InChI is InChI=1S/C16H17N3O/c20-16-7-8-18(15-4-2-1-3-14(15)16)10-13-9-17-11-19(13)12-5-6-12/h1-4,9,11-12H,5-8,10H2. The highest BCUT2D eigenvalue weighted by Crippen LogP contribution is 2.36. The minimum Gasteiger partial charge on any atom is -0.365 e. The van der Waals surface area contributed by atoms with Gasteiger partial charge >= 0.3 is 0 Å². The van der Waals surface area contributed by atoms with Crippen LogP contribution in [0.3, 0.4) is 0 Å². The maximum atomic E-state index is 12.0. The molecule has 2 aliphatic rings. The molecule has 0 unspecified atom stereocenters. The van der Waals surface area contributed by atoms with E-state index in [0.717, 1.165) is 24.3 Å². The topological polar surface area (TPSA) is 38.1 Å². The van der Waals surface area contributed by atoms with Crippen LogP contribution in [0.1, 0.15) is 41.4 Å². The number of hydrogen-bond acceptors (Lipinski definition) is 3. The van der Waals surface area contributed by atoms with Crippen LogP contribution in [0.4, 0.5) is 5.69 Å². The van der Waals surface area contributed by atoms with Gasteiger partial charge in [0.15, 0.2) is 5.78 Å². The molecule has 0 bridgehead atoms. The minimum atomic E-state index is 0.257. The molecular weight excluding hydrogens is 250 g/mol. The van der Waals surface area contributed by atoms with E-state index in [1.54, 1.807) is 0 Å². The predicted octanol–water partition coefficient (Wildman–Crippen LogP) is 2.81. The number of hydrogen-bond donors (Lipinski definition) is 0. The van der Waals surface area contributed by atoms with Gasteiger partial charge in [-0.25, -0.2) is 4.98 Å². The lowest BCUT2D eigenvalue weighted by Crippen LogP contribution is -2.32. The zero-order chi connectivity index (χ0) is 13.5. The number of aromatic nitrogens is 2. The molecule has 0 atom stereocenters. The van der Waals surface area contributed by atoms with Gasteiger partial charge in [0.25, 0.3) is 0 Å². The molecule has 4 rings (SSSR count). The molecule has 1 saturated carbocycles. The van der Waals surface area contributed by atoms with E-state index < -0.39 is 0 Å². The number of para-hydroxylation sites is 1. The molecule has 102 valence electrons. The SMILES string of the molecule is O=C1CCN(Cc2cncn2C2CC2)c2ccccc21. The molecule has 1 aliphatic heterocycles. The van der Waals surface area contributed by atoms with Crippen molar-refractivity contribution in [3.8, 4) is 0 Å². The summed E-state index contributed by atoms with van der Waals surface area (Å²) >= 11 is 0. The van der Waals surface area contributed by atoms with Crippen molar-refractivity contribution < 1.29 is 4.79 Å². The molecule has 1 aromatic heterocycles. The van der Waals surface area contributed by atoms with Crippen molar-refractivity contribution in [3.05, 3.63) is 48.0 Å². The first-order valence-electron chi connectivity index (χ1n) is 7.21. The van der Waals surface area contributed by atoms with Crippen LogP contribution in [0.15, 0.2) is 36.8 Å². The van der Waals surface area contributed by atoms with E-state index in [9.17, 15) is 4.79 Å². The van der Waals surface area contributed by atoms with Gasteiger partial charge < -0.3 is 9.47 Å². The van der Waals surface area contributed by atoms with E-state index in [1.165, 1.54) is 18.5 Å². The number of fused-ring (bicyclic) bond motifs is 1. The lowest BCUT2D eigenvalue weighted by Gasteiger charge is -2.30. The number of rotatable bonds is 3. The van der Waals surface area contributed by atoms with Crippen LogP contribution < -0.4 is 4.90 Å². The predicted molar refractivity (Wildman–Crippen MR) is 76.9 cm³/mol. The molecule has 4 heteroatoms.